The molecule has 0 saturated carbocycles. The van der Waals surface area contributed by atoms with Gasteiger partial charge in [0.25, 0.3) is 0 Å². The molecule has 5 heteroatoms. The van der Waals surface area contributed by atoms with E-state index in [0.29, 0.717) is 22.9 Å². The van der Waals surface area contributed by atoms with Crippen LogP contribution in [0, 0.1) is 0 Å². The van der Waals surface area contributed by atoms with Crippen LogP contribution >= 0.6 is 0 Å². The molecule has 5 nitrogen and oxygen atoms in total. The van der Waals surface area contributed by atoms with E-state index in [-0.39, 0.29) is 0 Å². The molecule has 2 heterocycles. The van der Waals surface area contributed by atoms with Gasteiger partial charge in [-0.3, -0.25) is 0 Å². The second-order valence-electron chi connectivity index (χ2n) is 2.80. The average Bonchev–Trinajstić information content (AvgIpc) is 2.62. The third kappa shape index (κ3) is 1.19. The number of nitrogens with zero attached hydrogens (tertiary/aromatic N) is 2. The summed E-state index contributed by atoms with van der Waals surface area (Å²) in [6.45, 7) is 3.68. The fourth-order valence-corrected chi connectivity index (χ4v) is 1.19. The molecule has 0 saturated heterocycles. The molecule has 3 N–H and O–H groups in total. The van der Waals surface area contributed by atoms with E-state index in [4.69, 9.17) is 10.5 Å². The number of nitrogen functional groups attached to an aromatic ring is 1. The average molecular weight is 190 g/mol. The van der Waals surface area contributed by atoms with Gasteiger partial charge in [-0.15, -0.1) is 0 Å². The van der Waals surface area contributed by atoms with Crippen molar-refractivity contribution < 1.29 is 4.74 Å². The smallest absolute Gasteiger partial charge is 0.158 e. The summed E-state index contributed by atoms with van der Waals surface area (Å²) < 4.78 is 4.96. The van der Waals surface area contributed by atoms with Crippen molar-refractivity contribution in [1.29, 1.82) is 0 Å². The number of nitrogens with two attached hydrogens (primary N) is 1. The van der Waals surface area contributed by atoms with Crippen LogP contribution in [0.4, 0.5) is 5.82 Å². The van der Waals surface area contributed by atoms with Gasteiger partial charge in [-0.1, -0.05) is 6.58 Å². The van der Waals surface area contributed by atoms with Crippen LogP contribution in [-0.4, -0.2) is 22.1 Å². The van der Waals surface area contributed by atoms with Gasteiger partial charge in [-0.25, -0.2) is 9.97 Å². The molecule has 0 bridgehead atoms. The molecule has 0 atom stereocenters. The number of H-pyrrole nitrogens is 1. The van der Waals surface area contributed by atoms with Crippen LogP contribution < -0.4 is 5.73 Å². The molecule has 14 heavy (non-hydrogen) atoms. The standard InChI is InChI=1S/C9H10N4O/c1-5(14-2)7-8(10)13-9-6(12-7)3-4-11-9/h3-4H,1H2,2H3,(H3,10,11,13). The monoisotopic (exact) mass is 190 g/mol. The first-order chi connectivity index (χ1) is 6.72. The molecule has 72 valence electrons. The minimum absolute atomic E-state index is 0.312. The molecule has 0 radical (unpaired) electrons. The lowest BCUT2D eigenvalue weighted by Gasteiger charge is -2.05. The second-order valence-corrected chi connectivity index (χ2v) is 2.80. The first-order valence-electron chi connectivity index (χ1n) is 4.06. The molecular weight excluding hydrogens is 180 g/mol. The zero-order valence-corrected chi connectivity index (χ0v) is 7.74. The van der Waals surface area contributed by atoms with Gasteiger partial charge in [-0.2, -0.15) is 0 Å². The molecule has 0 aliphatic rings. The summed E-state index contributed by atoms with van der Waals surface area (Å²) in [4.78, 5) is 11.3. The lowest BCUT2D eigenvalue weighted by Crippen LogP contribution is -2.01. The Morgan fingerprint density at radius 1 is 1.57 bits per heavy atom. The van der Waals surface area contributed by atoms with Gasteiger partial charge >= 0.3 is 0 Å². The van der Waals surface area contributed by atoms with Gasteiger partial charge in [0, 0.05) is 6.20 Å². The summed E-state index contributed by atoms with van der Waals surface area (Å²) in [6.07, 6.45) is 1.75. The number of ether oxygens (including phenoxy) is 1. The van der Waals surface area contributed by atoms with Crippen LogP contribution in [0.2, 0.25) is 0 Å². The SMILES string of the molecule is C=C(OC)c1nc2cc[nH]c2nc1N. The third-order valence-corrected chi connectivity index (χ3v) is 1.92. The Balaban J connectivity index is 2.64. The van der Waals surface area contributed by atoms with Crippen LogP contribution in [0.3, 0.4) is 0 Å². The van der Waals surface area contributed by atoms with E-state index < -0.39 is 0 Å². The van der Waals surface area contributed by atoms with E-state index in [1.807, 2.05) is 6.07 Å². The molecule has 0 aliphatic carbocycles. The molecular formula is C9H10N4O. The zero-order chi connectivity index (χ0) is 10.1. The van der Waals surface area contributed by atoms with Crippen molar-refractivity contribution >= 4 is 22.7 Å². The van der Waals surface area contributed by atoms with Crippen molar-refractivity contribution in [2.24, 2.45) is 0 Å². The Kier molecular flexibility index (Phi) is 1.85. The molecule has 0 spiro atoms. The van der Waals surface area contributed by atoms with Crippen LogP contribution in [0.1, 0.15) is 5.69 Å². The number of rotatable bonds is 2. The van der Waals surface area contributed by atoms with Crippen molar-refractivity contribution in [3.8, 4) is 0 Å². The Morgan fingerprint density at radius 3 is 3.07 bits per heavy atom. The maximum Gasteiger partial charge on any atom is 0.158 e. The topological polar surface area (TPSA) is 76.8 Å². The predicted octanol–water partition coefficient (Wildman–Crippen LogP) is 1.16. The number of aromatic amines is 1. The summed E-state index contributed by atoms with van der Waals surface area (Å²) in [5.41, 5.74) is 7.58. The number of anilines is 1. The molecule has 0 unspecified atom stereocenters. The van der Waals surface area contributed by atoms with E-state index in [1.165, 1.54) is 7.11 Å². The molecule has 2 aromatic heterocycles. The number of fused-ring (bicyclic) bond motifs is 1. The fraction of sp³-hybridized carbons (Fsp3) is 0.111. The van der Waals surface area contributed by atoms with Gasteiger partial charge < -0.3 is 15.5 Å². The number of aromatic nitrogens is 3. The Morgan fingerprint density at radius 2 is 2.36 bits per heavy atom. The van der Waals surface area contributed by atoms with Crippen molar-refractivity contribution in [3.05, 3.63) is 24.5 Å². The maximum absolute atomic E-state index is 5.69. The highest BCUT2D eigenvalue weighted by Crippen LogP contribution is 2.19. The molecule has 0 aliphatic heterocycles. The summed E-state index contributed by atoms with van der Waals surface area (Å²) in [5.74, 6) is 0.727. The fourth-order valence-electron chi connectivity index (χ4n) is 1.19. The van der Waals surface area contributed by atoms with Crippen LogP contribution in [0.15, 0.2) is 18.8 Å². The molecule has 2 aromatic rings. The van der Waals surface area contributed by atoms with E-state index >= 15 is 0 Å². The van der Waals surface area contributed by atoms with Gasteiger partial charge in [0.2, 0.25) is 0 Å². The van der Waals surface area contributed by atoms with Crippen molar-refractivity contribution in [2.75, 3.05) is 12.8 Å². The highest BCUT2D eigenvalue weighted by molar-refractivity contribution is 5.77. The lowest BCUT2D eigenvalue weighted by atomic mass is 10.3. The van der Waals surface area contributed by atoms with Crippen LogP contribution in [-0.2, 0) is 4.74 Å². The summed E-state index contributed by atoms with van der Waals surface area (Å²) in [7, 11) is 1.52. The highest BCUT2D eigenvalue weighted by Gasteiger charge is 2.09. The van der Waals surface area contributed by atoms with Crippen LogP contribution in [0.25, 0.3) is 16.9 Å². The lowest BCUT2D eigenvalue weighted by molar-refractivity contribution is 0.370. The van der Waals surface area contributed by atoms with E-state index in [9.17, 15) is 0 Å². The third-order valence-electron chi connectivity index (χ3n) is 1.92. The number of methoxy groups -OCH3 is 1. The quantitative estimate of drug-likeness (QED) is 0.696. The Bertz CT molecular complexity index is 489. The zero-order valence-electron chi connectivity index (χ0n) is 7.74. The maximum atomic E-state index is 5.69. The van der Waals surface area contributed by atoms with Gasteiger partial charge in [0.05, 0.1) is 7.11 Å². The van der Waals surface area contributed by atoms with Crippen molar-refractivity contribution in [1.82, 2.24) is 15.0 Å². The normalized spacial score (nSPS) is 10.4. The van der Waals surface area contributed by atoms with E-state index in [1.54, 1.807) is 6.20 Å². The first kappa shape index (κ1) is 8.55. The van der Waals surface area contributed by atoms with Crippen molar-refractivity contribution in [3.63, 3.8) is 0 Å². The largest absolute Gasteiger partial charge is 0.495 e. The molecule has 0 fully saturated rings. The Hall–Kier alpha value is -2.04. The summed E-state index contributed by atoms with van der Waals surface area (Å²) >= 11 is 0. The van der Waals surface area contributed by atoms with E-state index in [2.05, 4.69) is 21.5 Å². The summed E-state index contributed by atoms with van der Waals surface area (Å²) in [6, 6.07) is 1.81. The Labute approximate surface area is 80.6 Å². The van der Waals surface area contributed by atoms with E-state index in [0.717, 1.165) is 5.52 Å². The number of nitrogens with one attached hydrogen (secondary N) is 1. The summed E-state index contributed by atoms with van der Waals surface area (Å²) in [5, 5.41) is 0. The minimum atomic E-state index is 0.312. The number of hydrogen-bond acceptors (Lipinski definition) is 4. The van der Waals surface area contributed by atoms with Crippen molar-refractivity contribution in [2.45, 2.75) is 0 Å². The molecule has 0 aromatic carbocycles. The highest BCUT2D eigenvalue weighted by atomic mass is 16.5. The molecule has 0 amide bonds. The predicted molar refractivity (Wildman–Crippen MR) is 54.3 cm³/mol. The van der Waals surface area contributed by atoms with Gasteiger partial charge in [0.15, 0.2) is 11.5 Å². The first-order valence-corrected chi connectivity index (χ1v) is 4.06. The molecule has 2 rings (SSSR count). The minimum Gasteiger partial charge on any atom is -0.495 e. The van der Waals surface area contributed by atoms with Gasteiger partial charge in [0.1, 0.15) is 17.0 Å². The number of hydrogen-bond donors (Lipinski definition) is 2. The van der Waals surface area contributed by atoms with Gasteiger partial charge in [-0.05, 0) is 6.07 Å². The second kappa shape index (κ2) is 3.02. The van der Waals surface area contributed by atoms with Crippen LogP contribution in [0.5, 0.6) is 0 Å².